The molecule has 0 spiro atoms. The van der Waals surface area contributed by atoms with E-state index in [1.165, 1.54) is 0 Å². The van der Waals surface area contributed by atoms with Crippen LogP contribution in [0.4, 0.5) is 0 Å². The predicted molar refractivity (Wildman–Crippen MR) is 112 cm³/mol. The minimum absolute atomic E-state index is 0.133. The van der Waals surface area contributed by atoms with Gasteiger partial charge in [0.1, 0.15) is 5.75 Å². The number of hydrogen-bond acceptors (Lipinski definition) is 6. The van der Waals surface area contributed by atoms with Gasteiger partial charge in [0.2, 0.25) is 0 Å². The van der Waals surface area contributed by atoms with Crippen molar-refractivity contribution in [2.24, 2.45) is 0 Å². The van der Waals surface area contributed by atoms with E-state index >= 15 is 0 Å². The number of carboxylic acids is 1. The van der Waals surface area contributed by atoms with Crippen LogP contribution >= 0.6 is 11.8 Å². The van der Waals surface area contributed by atoms with Crippen LogP contribution in [0, 0.1) is 11.3 Å². The molecule has 29 heavy (non-hydrogen) atoms. The summed E-state index contributed by atoms with van der Waals surface area (Å²) in [5.41, 5.74) is 0.618. The Hall–Kier alpha value is -3.04. The van der Waals surface area contributed by atoms with Gasteiger partial charge in [-0.2, -0.15) is 5.26 Å². The molecule has 0 aliphatic carbocycles. The summed E-state index contributed by atoms with van der Waals surface area (Å²) in [5.74, 6) is 1.31. The first kappa shape index (κ1) is 20.7. The maximum atomic E-state index is 10.4. The molecule has 1 heterocycles. The lowest BCUT2D eigenvalue weighted by Gasteiger charge is -2.13. The van der Waals surface area contributed by atoms with Gasteiger partial charge in [0.15, 0.2) is 5.75 Å². The zero-order valence-electron chi connectivity index (χ0n) is 16.0. The first-order chi connectivity index (χ1) is 14.2. The van der Waals surface area contributed by atoms with Crippen molar-refractivity contribution in [2.45, 2.75) is 37.0 Å². The Bertz CT molecular complexity index is 1030. The molecule has 0 atom stereocenters. The van der Waals surface area contributed by atoms with Gasteiger partial charge in [-0.15, -0.1) is 11.8 Å². The van der Waals surface area contributed by atoms with Crippen LogP contribution in [0.25, 0.3) is 10.8 Å². The quantitative estimate of drug-likeness (QED) is 0.359. The summed E-state index contributed by atoms with van der Waals surface area (Å²) in [6.45, 7) is 0. The Kier molecular flexibility index (Phi) is 7.48. The van der Waals surface area contributed by atoms with E-state index in [9.17, 15) is 15.2 Å². The second kappa shape index (κ2) is 10.5. The van der Waals surface area contributed by atoms with Gasteiger partial charge in [0.25, 0.3) is 0 Å². The summed E-state index contributed by atoms with van der Waals surface area (Å²) in [6, 6.07) is 15.4. The minimum Gasteiger partial charge on any atom is -0.550 e. The van der Waals surface area contributed by atoms with Crippen LogP contribution in [0.15, 0.2) is 59.8 Å². The number of rotatable bonds is 10. The van der Waals surface area contributed by atoms with Crippen LogP contribution in [0.5, 0.6) is 11.5 Å². The van der Waals surface area contributed by atoms with E-state index in [1.807, 2.05) is 36.4 Å². The minimum atomic E-state index is -0.978. The number of fused-ring (bicyclic) bond motifs is 1. The molecular formula is C23H21N2O3S-. The second-order valence-electron chi connectivity index (χ2n) is 6.58. The average Bonchev–Trinajstić information content (AvgIpc) is 2.74. The highest BCUT2D eigenvalue weighted by molar-refractivity contribution is 7.99. The lowest BCUT2D eigenvalue weighted by atomic mass is 10.0. The SMILES string of the molecule is N#Cc1ccc(Oc2cnccc2SCCCCCCC(=O)[O-])c2ccccc12. The monoisotopic (exact) mass is 405 g/mol. The number of carbonyl (C=O) groups excluding carboxylic acids is 1. The maximum absolute atomic E-state index is 10.4. The lowest BCUT2D eigenvalue weighted by molar-refractivity contribution is -0.305. The van der Waals surface area contributed by atoms with Crippen LogP contribution in [-0.4, -0.2) is 16.7 Å². The fraction of sp³-hybridized carbons (Fsp3) is 0.261. The van der Waals surface area contributed by atoms with Crippen molar-refractivity contribution in [3.05, 3.63) is 60.4 Å². The number of nitrogens with zero attached hydrogens (tertiary/aromatic N) is 2. The van der Waals surface area contributed by atoms with E-state index in [0.29, 0.717) is 23.5 Å². The molecule has 0 amide bonds. The summed E-state index contributed by atoms with van der Waals surface area (Å²) in [6.07, 6.45) is 7.13. The zero-order valence-corrected chi connectivity index (χ0v) is 16.8. The third kappa shape index (κ3) is 5.72. The zero-order chi connectivity index (χ0) is 20.5. The highest BCUT2D eigenvalue weighted by Crippen LogP contribution is 2.36. The molecule has 3 rings (SSSR count). The van der Waals surface area contributed by atoms with Crippen LogP contribution in [-0.2, 0) is 4.79 Å². The molecular weight excluding hydrogens is 384 g/mol. The first-order valence-electron chi connectivity index (χ1n) is 9.55. The normalized spacial score (nSPS) is 10.6. The first-order valence-corrected chi connectivity index (χ1v) is 10.5. The van der Waals surface area contributed by atoms with Crippen molar-refractivity contribution in [2.75, 3.05) is 5.75 Å². The number of aliphatic carboxylic acids is 1. The number of nitriles is 1. The van der Waals surface area contributed by atoms with Gasteiger partial charge >= 0.3 is 0 Å². The number of thioether (sulfide) groups is 1. The number of unbranched alkanes of at least 4 members (excludes halogenated alkanes) is 3. The second-order valence-corrected chi connectivity index (χ2v) is 7.71. The molecule has 0 unspecified atom stereocenters. The Morgan fingerprint density at radius 3 is 2.62 bits per heavy atom. The van der Waals surface area contributed by atoms with Crippen molar-refractivity contribution >= 4 is 28.5 Å². The predicted octanol–water partition coefficient (Wildman–Crippen LogP) is 4.69. The fourth-order valence-electron chi connectivity index (χ4n) is 3.05. The largest absolute Gasteiger partial charge is 0.550 e. The topological polar surface area (TPSA) is 86.0 Å². The number of hydrogen-bond donors (Lipinski definition) is 0. The van der Waals surface area contributed by atoms with E-state index in [2.05, 4.69) is 11.1 Å². The van der Waals surface area contributed by atoms with Gasteiger partial charge < -0.3 is 14.6 Å². The van der Waals surface area contributed by atoms with Crippen molar-refractivity contribution in [3.8, 4) is 17.6 Å². The van der Waals surface area contributed by atoms with E-state index < -0.39 is 5.97 Å². The van der Waals surface area contributed by atoms with Gasteiger partial charge in [-0.3, -0.25) is 4.98 Å². The summed E-state index contributed by atoms with van der Waals surface area (Å²) in [5, 5.41) is 21.5. The summed E-state index contributed by atoms with van der Waals surface area (Å²) < 4.78 is 6.18. The lowest BCUT2D eigenvalue weighted by Crippen LogP contribution is -2.21. The van der Waals surface area contributed by atoms with Crippen LogP contribution < -0.4 is 9.84 Å². The third-order valence-electron chi connectivity index (χ3n) is 4.50. The van der Waals surface area contributed by atoms with Gasteiger partial charge in [0.05, 0.1) is 22.7 Å². The molecule has 0 saturated heterocycles. The smallest absolute Gasteiger partial charge is 0.159 e. The Morgan fingerprint density at radius 2 is 1.83 bits per heavy atom. The van der Waals surface area contributed by atoms with Crippen molar-refractivity contribution in [3.63, 3.8) is 0 Å². The highest BCUT2D eigenvalue weighted by atomic mass is 32.2. The molecule has 0 radical (unpaired) electrons. The molecule has 0 saturated carbocycles. The Balaban J connectivity index is 1.65. The van der Waals surface area contributed by atoms with Gasteiger partial charge in [-0.25, -0.2) is 0 Å². The van der Waals surface area contributed by atoms with Crippen LogP contribution in [0.2, 0.25) is 0 Å². The Morgan fingerprint density at radius 1 is 1.03 bits per heavy atom. The molecule has 0 N–H and O–H groups in total. The Labute approximate surface area is 174 Å². The molecule has 1 aromatic heterocycles. The summed E-state index contributed by atoms with van der Waals surface area (Å²) in [4.78, 5) is 15.6. The fourth-order valence-corrected chi connectivity index (χ4v) is 4.01. The molecule has 0 bridgehead atoms. The van der Waals surface area contributed by atoms with E-state index in [0.717, 1.165) is 40.7 Å². The molecule has 148 valence electrons. The van der Waals surface area contributed by atoms with E-state index in [-0.39, 0.29) is 6.42 Å². The summed E-state index contributed by atoms with van der Waals surface area (Å²) >= 11 is 1.70. The molecule has 0 aliphatic rings. The molecule has 5 nitrogen and oxygen atoms in total. The molecule has 2 aromatic carbocycles. The highest BCUT2D eigenvalue weighted by Gasteiger charge is 2.10. The molecule has 3 aromatic rings. The van der Waals surface area contributed by atoms with Crippen LogP contribution in [0.3, 0.4) is 0 Å². The van der Waals surface area contributed by atoms with Crippen molar-refractivity contribution in [1.82, 2.24) is 4.98 Å². The number of ether oxygens (including phenoxy) is 1. The number of carboxylic acid groups (broad SMARTS) is 1. The van der Waals surface area contributed by atoms with Gasteiger partial charge in [0, 0.05) is 22.9 Å². The van der Waals surface area contributed by atoms with Gasteiger partial charge in [-0.05, 0) is 43.2 Å². The number of carbonyl (C=O) groups is 1. The van der Waals surface area contributed by atoms with Crippen molar-refractivity contribution < 1.29 is 14.6 Å². The number of pyridine rings is 1. The van der Waals surface area contributed by atoms with Crippen LogP contribution in [0.1, 0.15) is 37.7 Å². The maximum Gasteiger partial charge on any atom is 0.159 e. The number of benzene rings is 2. The average molecular weight is 405 g/mol. The molecule has 6 heteroatoms. The van der Waals surface area contributed by atoms with Gasteiger partial charge in [-0.1, -0.05) is 37.1 Å². The number of aromatic nitrogens is 1. The summed E-state index contributed by atoms with van der Waals surface area (Å²) in [7, 11) is 0. The molecule has 0 fully saturated rings. The standard InChI is InChI=1S/C23H22N2O3S/c24-15-17-10-11-20(19-8-5-4-7-18(17)19)28-21-16-25-13-12-22(21)29-14-6-2-1-3-9-23(26)27/h4-5,7-8,10-13,16H,1-3,6,9,14H2,(H,26,27)/p-1. The van der Waals surface area contributed by atoms with E-state index in [1.54, 1.807) is 30.2 Å². The van der Waals surface area contributed by atoms with E-state index in [4.69, 9.17) is 4.74 Å². The van der Waals surface area contributed by atoms with Crippen molar-refractivity contribution in [1.29, 1.82) is 5.26 Å². The third-order valence-corrected chi connectivity index (χ3v) is 5.64. The molecule has 0 aliphatic heterocycles.